The van der Waals surface area contributed by atoms with Gasteiger partial charge in [0.1, 0.15) is 5.69 Å². The molecule has 5 nitrogen and oxygen atoms in total. The second-order valence-corrected chi connectivity index (χ2v) is 5.26. The van der Waals surface area contributed by atoms with E-state index in [0.717, 1.165) is 43.2 Å². The molecule has 0 spiro atoms. The lowest BCUT2D eigenvalue weighted by Gasteiger charge is -2.24. The maximum atomic E-state index is 5.62. The van der Waals surface area contributed by atoms with Crippen molar-refractivity contribution in [2.75, 3.05) is 33.9 Å². The highest BCUT2D eigenvalue weighted by Crippen LogP contribution is 2.29. The van der Waals surface area contributed by atoms with E-state index in [1.807, 2.05) is 6.07 Å². The Kier molecular flexibility index (Phi) is 7.33. The maximum Gasteiger partial charge on any atom is 0.183 e. The molecule has 0 saturated carbocycles. The molecule has 0 aliphatic rings. The number of hydrogen-bond acceptors (Lipinski definition) is 5. The summed E-state index contributed by atoms with van der Waals surface area (Å²) >= 11 is 0. The standard InChI is InChI=1S/C15H27N3O2/c1-12(2)10-18(9-5-7-16)11-13-15(20-4)14(19-3)6-8-17-13/h6,8,12H,5,7,9-11,16H2,1-4H3. The number of hydrogen-bond donors (Lipinski definition) is 1. The van der Waals surface area contributed by atoms with Gasteiger partial charge in [0.15, 0.2) is 11.5 Å². The quantitative estimate of drug-likeness (QED) is 0.749. The SMILES string of the molecule is COc1ccnc(CN(CCCN)CC(C)C)c1OC. The minimum atomic E-state index is 0.601. The molecule has 0 aliphatic heterocycles. The molecule has 0 radical (unpaired) electrons. The highest BCUT2D eigenvalue weighted by molar-refractivity contribution is 5.42. The van der Waals surface area contributed by atoms with Gasteiger partial charge in [-0.2, -0.15) is 0 Å². The molecule has 1 aromatic heterocycles. The van der Waals surface area contributed by atoms with Crippen LogP contribution in [0.3, 0.4) is 0 Å². The molecule has 0 aromatic carbocycles. The van der Waals surface area contributed by atoms with Crippen molar-refractivity contribution in [3.05, 3.63) is 18.0 Å². The number of nitrogens with two attached hydrogens (primary N) is 1. The third-order valence-corrected chi connectivity index (χ3v) is 3.04. The smallest absolute Gasteiger partial charge is 0.183 e. The van der Waals surface area contributed by atoms with Crippen molar-refractivity contribution < 1.29 is 9.47 Å². The van der Waals surface area contributed by atoms with E-state index < -0.39 is 0 Å². The number of ether oxygens (including phenoxy) is 2. The van der Waals surface area contributed by atoms with Gasteiger partial charge in [0.05, 0.1) is 14.2 Å². The van der Waals surface area contributed by atoms with Crippen LogP contribution in [0.2, 0.25) is 0 Å². The molecule has 0 aliphatic carbocycles. The van der Waals surface area contributed by atoms with Crippen LogP contribution < -0.4 is 15.2 Å². The van der Waals surface area contributed by atoms with E-state index in [9.17, 15) is 0 Å². The van der Waals surface area contributed by atoms with Crippen molar-refractivity contribution in [3.63, 3.8) is 0 Å². The average Bonchev–Trinajstić information content (AvgIpc) is 2.43. The first-order valence-corrected chi connectivity index (χ1v) is 7.10. The zero-order valence-electron chi connectivity index (χ0n) is 13.1. The maximum absolute atomic E-state index is 5.62. The molecule has 5 heteroatoms. The van der Waals surface area contributed by atoms with E-state index in [4.69, 9.17) is 15.2 Å². The van der Waals surface area contributed by atoms with Gasteiger partial charge < -0.3 is 15.2 Å². The molecule has 0 unspecified atom stereocenters. The Morgan fingerprint density at radius 3 is 2.60 bits per heavy atom. The lowest BCUT2D eigenvalue weighted by molar-refractivity contribution is 0.227. The summed E-state index contributed by atoms with van der Waals surface area (Å²) in [5.41, 5.74) is 6.52. The molecule has 2 N–H and O–H groups in total. The van der Waals surface area contributed by atoms with Crippen LogP contribution in [0, 0.1) is 5.92 Å². The normalized spacial score (nSPS) is 11.2. The molecular weight excluding hydrogens is 254 g/mol. The topological polar surface area (TPSA) is 60.6 Å². The predicted molar refractivity (Wildman–Crippen MR) is 81.1 cm³/mol. The minimum Gasteiger partial charge on any atom is -0.493 e. The molecule has 0 saturated heterocycles. The number of pyridine rings is 1. The number of methoxy groups -OCH3 is 2. The molecule has 0 fully saturated rings. The van der Waals surface area contributed by atoms with Crippen LogP contribution in [0.1, 0.15) is 26.0 Å². The van der Waals surface area contributed by atoms with Crippen molar-refractivity contribution in [3.8, 4) is 11.5 Å². The fraction of sp³-hybridized carbons (Fsp3) is 0.667. The first-order chi connectivity index (χ1) is 9.62. The summed E-state index contributed by atoms with van der Waals surface area (Å²) in [6.07, 6.45) is 2.74. The summed E-state index contributed by atoms with van der Waals surface area (Å²) in [5.74, 6) is 2.04. The Morgan fingerprint density at radius 2 is 2.05 bits per heavy atom. The van der Waals surface area contributed by atoms with E-state index in [-0.39, 0.29) is 0 Å². The van der Waals surface area contributed by atoms with E-state index in [2.05, 4.69) is 23.7 Å². The molecule has 0 atom stereocenters. The van der Waals surface area contributed by atoms with Crippen molar-refractivity contribution in [2.24, 2.45) is 11.7 Å². The lowest BCUT2D eigenvalue weighted by atomic mass is 10.2. The molecule has 20 heavy (non-hydrogen) atoms. The van der Waals surface area contributed by atoms with Gasteiger partial charge in [0.25, 0.3) is 0 Å². The highest BCUT2D eigenvalue weighted by atomic mass is 16.5. The molecule has 0 amide bonds. The average molecular weight is 281 g/mol. The Morgan fingerprint density at radius 1 is 1.30 bits per heavy atom. The fourth-order valence-corrected chi connectivity index (χ4v) is 2.24. The highest BCUT2D eigenvalue weighted by Gasteiger charge is 2.15. The van der Waals surface area contributed by atoms with Gasteiger partial charge in [-0.3, -0.25) is 9.88 Å². The Hall–Kier alpha value is -1.33. The van der Waals surface area contributed by atoms with Gasteiger partial charge in [-0.15, -0.1) is 0 Å². The summed E-state index contributed by atoms with van der Waals surface area (Å²) in [6.45, 7) is 7.87. The zero-order chi connectivity index (χ0) is 15.0. The Balaban J connectivity index is 2.86. The van der Waals surface area contributed by atoms with E-state index in [0.29, 0.717) is 12.5 Å². The largest absolute Gasteiger partial charge is 0.493 e. The van der Waals surface area contributed by atoms with Crippen LogP contribution in [0.4, 0.5) is 0 Å². The van der Waals surface area contributed by atoms with Crippen molar-refractivity contribution >= 4 is 0 Å². The first kappa shape index (κ1) is 16.7. The number of aromatic nitrogens is 1. The van der Waals surface area contributed by atoms with E-state index in [1.54, 1.807) is 20.4 Å². The monoisotopic (exact) mass is 281 g/mol. The minimum absolute atomic E-state index is 0.601. The number of nitrogens with zero attached hydrogens (tertiary/aromatic N) is 2. The van der Waals surface area contributed by atoms with Gasteiger partial charge in [-0.25, -0.2) is 0 Å². The molecule has 114 valence electrons. The number of rotatable bonds is 9. The summed E-state index contributed by atoms with van der Waals surface area (Å²) in [6, 6.07) is 1.81. The van der Waals surface area contributed by atoms with Crippen molar-refractivity contribution in [2.45, 2.75) is 26.8 Å². The molecule has 1 heterocycles. The van der Waals surface area contributed by atoms with Crippen LogP contribution in [0.15, 0.2) is 12.3 Å². The summed E-state index contributed by atoms with van der Waals surface area (Å²) in [7, 11) is 3.29. The Labute approximate surface area is 122 Å². The van der Waals surface area contributed by atoms with Crippen molar-refractivity contribution in [1.82, 2.24) is 9.88 Å². The van der Waals surface area contributed by atoms with Crippen LogP contribution in [-0.2, 0) is 6.54 Å². The Bertz CT molecular complexity index is 397. The van der Waals surface area contributed by atoms with Crippen molar-refractivity contribution in [1.29, 1.82) is 0 Å². The van der Waals surface area contributed by atoms with E-state index >= 15 is 0 Å². The van der Waals surface area contributed by atoms with Gasteiger partial charge in [0, 0.05) is 25.4 Å². The summed E-state index contributed by atoms with van der Waals surface area (Å²) < 4.78 is 10.8. The lowest BCUT2D eigenvalue weighted by Crippen LogP contribution is -2.30. The van der Waals surface area contributed by atoms with Gasteiger partial charge in [-0.05, 0) is 25.4 Å². The van der Waals surface area contributed by atoms with Gasteiger partial charge in [-0.1, -0.05) is 13.8 Å². The predicted octanol–water partition coefficient (Wildman–Crippen LogP) is 1.91. The molecule has 1 aromatic rings. The third kappa shape index (κ3) is 4.98. The fourth-order valence-electron chi connectivity index (χ4n) is 2.24. The van der Waals surface area contributed by atoms with Crippen LogP contribution >= 0.6 is 0 Å². The van der Waals surface area contributed by atoms with Crippen LogP contribution in [-0.4, -0.2) is 43.7 Å². The zero-order valence-corrected chi connectivity index (χ0v) is 13.1. The van der Waals surface area contributed by atoms with Gasteiger partial charge >= 0.3 is 0 Å². The second-order valence-electron chi connectivity index (χ2n) is 5.26. The van der Waals surface area contributed by atoms with Gasteiger partial charge in [0.2, 0.25) is 0 Å². The molecule has 0 bridgehead atoms. The first-order valence-electron chi connectivity index (χ1n) is 7.10. The summed E-state index contributed by atoms with van der Waals surface area (Å²) in [5, 5.41) is 0. The van der Waals surface area contributed by atoms with E-state index in [1.165, 1.54) is 0 Å². The van der Waals surface area contributed by atoms with Crippen LogP contribution in [0.5, 0.6) is 11.5 Å². The molecular formula is C15H27N3O2. The van der Waals surface area contributed by atoms with Crippen LogP contribution in [0.25, 0.3) is 0 Å². The molecule has 1 rings (SSSR count). The summed E-state index contributed by atoms with van der Waals surface area (Å²) in [4.78, 5) is 6.80. The third-order valence-electron chi connectivity index (χ3n) is 3.04. The second kappa shape index (κ2) is 8.76.